The normalized spacial score (nSPS) is 12.5. The minimum atomic E-state index is -3.89. The van der Waals surface area contributed by atoms with Crippen molar-refractivity contribution >= 4 is 21.7 Å². The predicted molar refractivity (Wildman–Crippen MR) is 90.4 cm³/mol. The number of halogens is 2. The van der Waals surface area contributed by atoms with Crippen molar-refractivity contribution in [1.82, 2.24) is 0 Å². The summed E-state index contributed by atoms with van der Waals surface area (Å²) in [6, 6.07) is 8.74. The molecule has 0 unspecified atom stereocenters. The molecule has 25 heavy (non-hydrogen) atoms. The minimum Gasteiger partial charge on any atom is -0.469 e. The Morgan fingerprint density at radius 2 is 1.72 bits per heavy atom. The lowest BCUT2D eigenvalue weighted by Crippen LogP contribution is -2.27. The van der Waals surface area contributed by atoms with Crippen molar-refractivity contribution in [3.05, 3.63) is 54.1 Å². The molecular formula is C17H17F2NO4S. The van der Waals surface area contributed by atoms with E-state index in [1.807, 2.05) is 0 Å². The van der Waals surface area contributed by atoms with Crippen LogP contribution >= 0.6 is 0 Å². The molecule has 2 aromatic rings. The monoisotopic (exact) mass is 369 g/mol. The highest BCUT2D eigenvalue weighted by Crippen LogP contribution is 2.30. The van der Waals surface area contributed by atoms with Gasteiger partial charge < -0.3 is 4.74 Å². The van der Waals surface area contributed by atoms with Gasteiger partial charge in [0.1, 0.15) is 11.6 Å². The molecule has 134 valence electrons. The third kappa shape index (κ3) is 4.99. The summed E-state index contributed by atoms with van der Waals surface area (Å²) >= 11 is 0. The average Bonchev–Trinajstić information content (AvgIpc) is 2.55. The smallest absolute Gasteiger partial charge is 0.309 e. The van der Waals surface area contributed by atoms with E-state index in [9.17, 15) is 22.0 Å². The fourth-order valence-corrected chi connectivity index (χ4v) is 3.67. The van der Waals surface area contributed by atoms with Crippen LogP contribution in [0.2, 0.25) is 0 Å². The average molecular weight is 369 g/mol. The molecule has 1 atom stereocenters. The summed E-state index contributed by atoms with van der Waals surface area (Å²) in [6.45, 7) is 1.43. The zero-order valence-electron chi connectivity index (χ0n) is 13.6. The fraction of sp³-hybridized carbons (Fsp3) is 0.235. The van der Waals surface area contributed by atoms with Gasteiger partial charge >= 0.3 is 5.97 Å². The highest BCUT2D eigenvalue weighted by molar-refractivity contribution is 7.92. The van der Waals surface area contributed by atoms with E-state index in [2.05, 4.69) is 9.46 Å². The van der Waals surface area contributed by atoms with Crippen LogP contribution in [0.3, 0.4) is 0 Å². The van der Waals surface area contributed by atoms with Crippen LogP contribution in [0.15, 0.2) is 42.5 Å². The van der Waals surface area contributed by atoms with Gasteiger partial charge in [-0.05, 0) is 35.9 Å². The Morgan fingerprint density at radius 3 is 2.32 bits per heavy atom. The van der Waals surface area contributed by atoms with Crippen LogP contribution in [0, 0.1) is 17.6 Å². The number of rotatable bonds is 6. The number of carbonyl (C=O) groups excluding carboxylic acids is 1. The maximum absolute atomic E-state index is 13.6. The number of hydrogen-bond acceptors (Lipinski definition) is 4. The summed E-state index contributed by atoms with van der Waals surface area (Å²) in [5.74, 6) is -3.03. The Hall–Kier alpha value is -2.48. The lowest BCUT2D eigenvalue weighted by molar-refractivity contribution is -0.144. The second-order valence-electron chi connectivity index (χ2n) is 5.50. The van der Waals surface area contributed by atoms with Gasteiger partial charge in [-0.3, -0.25) is 9.52 Å². The summed E-state index contributed by atoms with van der Waals surface area (Å²) < 4.78 is 58.1. The predicted octanol–water partition coefficient (Wildman–Crippen LogP) is 3.18. The second-order valence-corrected chi connectivity index (χ2v) is 7.27. The first kappa shape index (κ1) is 18.9. The third-order valence-corrected chi connectivity index (χ3v) is 4.95. The van der Waals surface area contributed by atoms with E-state index < -0.39 is 39.3 Å². The van der Waals surface area contributed by atoms with Gasteiger partial charge in [-0.15, -0.1) is 0 Å². The standard InChI is InChI=1S/C17H17F2NO4S/c1-11(17(21)24-2)10-25(22,23)20-16-8-7-14(19)9-15(16)12-3-5-13(18)6-4-12/h3-9,11,20H,10H2,1-2H3/t11-/m0/s1. The summed E-state index contributed by atoms with van der Waals surface area (Å²) in [4.78, 5) is 11.4. The molecule has 8 heteroatoms. The lowest BCUT2D eigenvalue weighted by atomic mass is 10.0. The molecule has 0 saturated heterocycles. The zero-order chi connectivity index (χ0) is 18.6. The Morgan fingerprint density at radius 1 is 1.12 bits per heavy atom. The fourth-order valence-electron chi connectivity index (χ4n) is 2.28. The third-order valence-electron chi connectivity index (χ3n) is 3.48. The first-order valence-corrected chi connectivity index (χ1v) is 9.01. The van der Waals surface area contributed by atoms with Crippen molar-refractivity contribution in [2.45, 2.75) is 6.92 Å². The molecule has 0 aromatic heterocycles. The van der Waals surface area contributed by atoms with Crippen molar-refractivity contribution in [3.63, 3.8) is 0 Å². The molecule has 0 fully saturated rings. The van der Waals surface area contributed by atoms with E-state index in [4.69, 9.17) is 0 Å². The molecule has 0 heterocycles. The van der Waals surface area contributed by atoms with Crippen molar-refractivity contribution in [2.24, 2.45) is 5.92 Å². The Labute approximate surface area is 144 Å². The maximum Gasteiger partial charge on any atom is 0.309 e. The molecule has 0 aliphatic heterocycles. The van der Waals surface area contributed by atoms with Crippen LogP contribution in [0.1, 0.15) is 6.92 Å². The zero-order valence-corrected chi connectivity index (χ0v) is 14.4. The molecule has 5 nitrogen and oxygen atoms in total. The van der Waals surface area contributed by atoms with E-state index in [0.29, 0.717) is 5.56 Å². The molecule has 2 aromatic carbocycles. The molecule has 1 N–H and O–H groups in total. The van der Waals surface area contributed by atoms with E-state index in [-0.39, 0.29) is 11.3 Å². The van der Waals surface area contributed by atoms with Crippen molar-refractivity contribution < 1.29 is 26.7 Å². The highest BCUT2D eigenvalue weighted by Gasteiger charge is 2.23. The van der Waals surface area contributed by atoms with Gasteiger partial charge in [-0.2, -0.15) is 0 Å². The van der Waals surface area contributed by atoms with Gasteiger partial charge in [-0.25, -0.2) is 17.2 Å². The number of benzene rings is 2. The first-order chi connectivity index (χ1) is 11.7. The van der Waals surface area contributed by atoms with E-state index >= 15 is 0 Å². The number of anilines is 1. The maximum atomic E-state index is 13.6. The number of methoxy groups -OCH3 is 1. The topological polar surface area (TPSA) is 72.5 Å². The van der Waals surface area contributed by atoms with Gasteiger partial charge in [0.2, 0.25) is 10.0 Å². The molecule has 0 radical (unpaired) electrons. The van der Waals surface area contributed by atoms with Crippen molar-refractivity contribution in [1.29, 1.82) is 0 Å². The van der Waals surface area contributed by atoms with Gasteiger partial charge in [0, 0.05) is 5.56 Å². The number of ether oxygens (including phenoxy) is 1. The van der Waals surface area contributed by atoms with Crippen molar-refractivity contribution in [2.75, 3.05) is 17.6 Å². The van der Waals surface area contributed by atoms with Gasteiger partial charge in [0.25, 0.3) is 0 Å². The van der Waals surface area contributed by atoms with E-state index in [1.165, 1.54) is 44.4 Å². The number of esters is 1. The molecule has 0 bridgehead atoms. The molecule has 2 rings (SSSR count). The Balaban J connectivity index is 2.33. The second kappa shape index (κ2) is 7.60. The van der Waals surface area contributed by atoms with Crippen LogP contribution in [-0.2, 0) is 19.6 Å². The number of sulfonamides is 1. The van der Waals surface area contributed by atoms with Crippen LogP contribution in [0.5, 0.6) is 0 Å². The van der Waals surface area contributed by atoms with Gasteiger partial charge in [0.15, 0.2) is 0 Å². The quantitative estimate of drug-likeness (QED) is 0.794. The Bertz CT molecular complexity index is 867. The minimum absolute atomic E-state index is 0.130. The molecule has 0 saturated carbocycles. The summed E-state index contributed by atoms with van der Waals surface area (Å²) in [6.07, 6.45) is 0. The molecular weight excluding hydrogens is 352 g/mol. The lowest BCUT2D eigenvalue weighted by Gasteiger charge is -2.15. The molecule has 0 aliphatic rings. The van der Waals surface area contributed by atoms with Crippen LogP contribution in [0.25, 0.3) is 11.1 Å². The largest absolute Gasteiger partial charge is 0.469 e. The molecule has 0 spiro atoms. The SMILES string of the molecule is COC(=O)[C@@H](C)CS(=O)(=O)Nc1ccc(F)cc1-c1ccc(F)cc1. The van der Waals surface area contributed by atoms with Crippen LogP contribution < -0.4 is 4.72 Å². The highest BCUT2D eigenvalue weighted by atomic mass is 32.2. The van der Waals surface area contributed by atoms with E-state index in [1.54, 1.807) is 0 Å². The Kier molecular flexibility index (Phi) is 5.73. The number of carbonyl (C=O) groups is 1. The van der Waals surface area contributed by atoms with Crippen LogP contribution in [0.4, 0.5) is 14.5 Å². The summed E-state index contributed by atoms with van der Waals surface area (Å²) in [5, 5.41) is 0. The summed E-state index contributed by atoms with van der Waals surface area (Å²) in [5.41, 5.74) is 0.832. The van der Waals surface area contributed by atoms with Crippen LogP contribution in [-0.4, -0.2) is 27.2 Å². The van der Waals surface area contributed by atoms with Crippen molar-refractivity contribution in [3.8, 4) is 11.1 Å². The first-order valence-electron chi connectivity index (χ1n) is 7.35. The van der Waals surface area contributed by atoms with Gasteiger partial charge in [-0.1, -0.05) is 19.1 Å². The number of nitrogens with one attached hydrogen (secondary N) is 1. The van der Waals surface area contributed by atoms with E-state index in [0.717, 1.165) is 12.1 Å². The molecule has 0 aliphatic carbocycles. The molecule has 0 amide bonds. The van der Waals surface area contributed by atoms with Gasteiger partial charge in [0.05, 0.1) is 24.5 Å². The summed E-state index contributed by atoms with van der Waals surface area (Å²) in [7, 11) is -2.72. The number of hydrogen-bond donors (Lipinski definition) is 1.